The van der Waals surface area contributed by atoms with Gasteiger partial charge in [-0.25, -0.2) is 9.78 Å². The van der Waals surface area contributed by atoms with Gasteiger partial charge in [-0.2, -0.15) is 0 Å². The van der Waals surface area contributed by atoms with Crippen molar-refractivity contribution in [2.24, 2.45) is 0 Å². The van der Waals surface area contributed by atoms with E-state index in [0.717, 1.165) is 21.0 Å². The first-order valence-corrected chi connectivity index (χ1v) is 9.86. The lowest BCUT2D eigenvalue weighted by molar-refractivity contribution is 0.0600. The molecule has 1 aromatic heterocycles. The molecular formula is C21H15N3O3S2. The zero-order valence-electron chi connectivity index (χ0n) is 15.3. The number of anilines is 1. The number of carbonyl (C=O) groups excluding carboxylic acids is 2. The van der Waals surface area contributed by atoms with Gasteiger partial charge in [0.1, 0.15) is 0 Å². The molecule has 0 bridgehead atoms. The first-order chi connectivity index (χ1) is 14.0. The largest absolute Gasteiger partial charge is 0.465 e. The zero-order chi connectivity index (χ0) is 20.4. The summed E-state index contributed by atoms with van der Waals surface area (Å²) in [6.07, 6.45) is 0. The van der Waals surface area contributed by atoms with Crippen molar-refractivity contribution in [1.82, 2.24) is 10.3 Å². The van der Waals surface area contributed by atoms with Crippen LogP contribution >= 0.6 is 23.6 Å². The highest BCUT2D eigenvalue weighted by atomic mass is 32.1. The maximum atomic E-state index is 12.4. The van der Waals surface area contributed by atoms with E-state index in [1.807, 2.05) is 30.3 Å². The molecule has 4 aromatic rings. The SMILES string of the molecule is COC(=O)c1ccc(C(=O)NC(=S)Nc2nc3c(ccc4ccccc43)s2)cc1. The minimum atomic E-state index is -0.461. The molecule has 0 saturated heterocycles. The van der Waals surface area contributed by atoms with Crippen molar-refractivity contribution in [3.8, 4) is 0 Å². The van der Waals surface area contributed by atoms with E-state index in [2.05, 4.69) is 26.4 Å². The second-order valence-corrected chi connectivity index (χ2v) is 7.57. The Hall–Kier alpha value is -3.36. The molecule has 144 valence electrons. The first kappa shape index (κ1) is 19.0. The van der Waals surface area contributed by atoms with Gasteiger partial charge in [0.05, 0.1) is 22.9 Å². The second-order valence-electron chi connectivity index (χ2n) is 6.13. The number of fused-ring (bicyclic) bond motifs is 3. The Morgan fingerprint density at radius 2 is 1.72 bits per heavy atom. The number of ether oxygens (including phenoxy) is 1. The maximum Gasteiger partial charge on any atom is 0.337 e. The van der Waals surface area contributed by atoms with E-state index in [4.69, 9.17) is 12.2 Å². The second kappa shape index (κ2) is 7.94. The molecule has 0 unspecified atom stereocenters. The van der Waals surface area contributed by atoms with Crippen LogP contribution in [0.2, 0.25) is 0 Å². The molecular weight excluding hydrogens is 406 g/mol. The van der Waals surface area contributed by atoms with Crippen molar-refractivity contribution >= 4 is 66.7 Å². The molecule has 29 heavy (non-hydrogen) atoms. The third-order valence-corrected chi connectivity index (χ3v) is 5.44. The van der Waals surface area contributed by atoms with Gasteiger partial charge in [0.25, 0.3) is 5.91 Å². The van der Waals surface area contributed by atoms with Gasteiger partial charge in [0, 0.05) is 10.9 Å². The van der Waals surface area contributed by atoms with Gasteiger partial charge in [-0.05, 0) is 47.9 Å². The van der Waals surface area contributed by atoms with Crippen LogP contribution in [0.1, 0.15) is 20.7 Å². The molecule has 0 aliphatic carbocycles. The Balaban J connectivity index is 1.47. The standard InChI is InChI=1S/C21H15N3O3S2/c1-27-19(26)14-8-6-13(7-9-14)18(25)23-20(28)24-21-22-17-15-5-3-2-4-12(15)10-11-16(17)29-21/h2-11H,1H3,(H2,22,23,24,25,28). The molecule has 0 aliphatic heterocycles. The highest BCUT2D eigenvalue weighted by Gasteiger charge is 2.12. The summed E-state index contributed by atoms with van der Waals surface area (Å²) in [5.74, 6) is -0.844. The molecule has 3 aromatic carbocycles. The fraction of sp³-hybridized carbons (Fsp3) is 0.0476. The highest BCUT2D eigenvalue weighted by Crippen LogP contribution is 2.31. The number of nitrogens with zero attached hydrogens (tertiary/aromatic N) is 1. The predicted molar refractivity (Wildman–Crippen MR) is 119 cm³/mol. The average Bonchev–Trinajstić information content (AvgIpc) is 3.16. The number of carbonyl (C=O) groups is 2. The van der Waals surface area contributed by atoms with Gasteiger partial charge in [-0.1, -0.05) is 41.7 Å². The number of amides is 1. The minimum Gasteiger partial charge on any atom is -0.465 e. The van der Waals surface area contributed by atoms with E-state index in [1.54, 1.807) is 0 Å². The van der Waals surface area contributed by atoms with E-state index in [9.17, 15) is 9.59 Å². The zero-order valence-corrected chi connectivity index (χ0v) is 16.9. The summed E-state index contributed by atoms with van der Waals surface area (Å²) in [7, 11) is 1.30. The molecule has 0 spiro atoms. The summed E-state index contributed by atoms with van der Waals surface area (Å²) >= 11 is 6.71. The Bertz CT molecular complexity index is 1250. The Morgan fingerprint density at radius 1 is 1.00 bits per heavy atom. The minimum absolute atomic E-state index is 0.149. The van der Waals surface area contributed by atoms with Gasteiger partial charge in [0.2, 0.25) is 0 Å². The van der Waals surface area contributed by atoms with E-state index in [-0.39, 0.29) is 11.0 Å². The fourth-order valence-corrected chi connectivity index (χ4v) is 4.03. The van der Waals surface area contributed by atoms with Crippen molar-refractivity contribution in [3.05, 3.63) is 71.8 Å². The molecule has 8 heteroatoms. The Kier molecular flexibility index (Phi) is 5.20. The summed E-state index contributed by atoms with van der Waals surface area (Å²) in [5, 5.41) is 8.52. The molecule has 1 heterocycles. The summed E-state index contributed by atoms with van der Waals surface area (Å²) in [6, 6.07) is 18.2. The van der Waals surface area contributed by atoms with Crippen LogP contribution in [0.4, 0.5) is 5.13 Å². The van der Waals surface area contributed by atoms with Crippen LogP contribution in [-0.4, -0.2) is 29.1 Å². The highest BCUT2D eigenvalue weighted by molar-refractivity contribution is 7.80. The number of esters is 1. The topological polar surface area (TPSA) is 80.3 Å². The molecule has 6 nitrogen and oxygen atoms in total. The van der Waals surface area contributed by atoms with E-state index < -0.39 is 5.97 Å². The Labute approximate surface area is 175 Å². The lowest BCUT2D eigenvalue weighted by Crippen LogP contribution is -2.34. The van der Waals surface area contributed by atoms with Crippen molar-refractivity contribution in [2.75, 3.05) is 12.4 Å². The van der Waals surface area contributed by atoms with Crippen LogP contribution in [0, 0.1) is 0 Å². The maximum absolute atomic E-state index is 12.4. The normalized spacial score (nSPS) is 10.7. The average molecular weight is 422 g/mol. The van der Waals surface area contributed by atoms with Gasteiger partial charge < -0.3 is 10.1 Å². The van der Waals surface area contributed by atoms with E-state index in [0.29, 0.717) is 16.3 Å². The fourth-order valence-electron chi connectivity index (χ4n) is 2.89. The number of nitrogens with one attached hydrogen (secondary N) is 2. The van der Waals surface area contributed by atoms with E-state index in [1.165, 1.54) is 42.7 Å². The van der Waals surface area contributed by atoms with Crippen molar-refractivity contribution in [3.63, 3.8) is 0 Å². The molecule has 2 N–H and O–H groups in total. The molecule has 4 rings (SSSR count). The number of aromatic nitrogens is 1. The quantitative estimate of drug-likeness (QED) is 0.378. The number of thiocarbonyl (C=S) groups is 1. The molecule has 0 fully saturated rings. The van der Waals surface area contributed by atoms with E-state index >= 15 is 0 Å². The summed E-state index contributed by atoms with van der Waals surface area (Å²) in [4.78, 5) is 28.5. The first-order valence-electron chi connectivity index (χ1n) is 8.64. The number of hydrogen-bond acceptors (Lipinski definition) is 6. The number of hydrogen-bond donors (Lipinski definition) is 2. The van der Waals surface area contributed by atoms with Crippen molar-refractivity contribution in [2.45, 2.75) is 0 Å². The summed E-state index contributed by atoms with van der Waals surface area (Å²) < 4.78 is 5.67. The number of benzene rings is 3. The van der Waals surface area contributed by atoms with Gasteiger partial charge in [0.15, 0.2) is 10.2 Å². The molecule has 0 atom stereocenters. The molecule has 0 aliphatic rings. The van der Waals surface area contributed by atoms with Crippen LogP contribution in [-0.2, 0) is 4.74 Å². The van der Waals surface area contributed by atoms with Crippen LogP contribution in [0.15, 0.2) is 60.7 Å². The lowest BCUT2D eigenvalue weighted by atomic mass is 10.1. The number of rotatable bonds is 3. The predicted octanol–water partition coefficient (Wildman–Crippen LogP) is 4.36. The summed E-state index contributed by atoms with van der Waals surface area (Å²) in [5.41, 5.74) is 1.63. The molecule has 0 radical (unpaired) electrons. The van der Waals surface area contributed by atoms with Crippen LogP contribution < -0.4 is 10.6 Å². The third-order valence-electron chi connectivity index (χ3n) is 4.30. The van der Waals surface area contributed by atoms with Crippen LogP contribution in [0.5, 0.6) is 0 Å². The van der Waals surface area contributed by atoms with Crippen molar-refractivity contribution in [1.29, 1.82) is 0 Å². The molecule has 0 saturated carbocycles. The Morgan fingerprint density at radius 3 is 2.48 bits per heavy atom. The van der Waals surface area contributed by atoms with Crippen LogP contribution in [0.25, 0.3) is 21.0 Å². The lowest BCUT2D eigenvalue weighted by Gasteiger charge is -2.07. The molecule has 1 amide bonds. The third kappa shape index (κ3) is 3.94. The van der Waals surface area contributed by atoms with Crippen LogP contribution in [0.3, 0.4) is 0 Å². The monoisotopic (exact) mass is 421 g/mol. The van der Waals surface area contributed by atoms with Gasteiger partial charge >= 0.3 is 5.97 Å². The van der Waals surface area contributed by atoms with Crippen molar-refractivity contribution < 1.29 is 14.3 Å². The number of methoxy groups -OCH3 is 1. The van der Waals surface area contributed by atoms with Gasteiger partial charge in [-0.3, -0.25) is 10.1 Å². The van der Waals surface area contributed by atoms with Gasteiger partial charge in [-0.15, -0.1) is 0 Å². The number of thiazole rings is 1. The summed E-state index contributed by atoms with van der Waals surface area (Å²) in [6.45, 7) is 0. The smallest absolute Gasteiger partial charge is 0.337 e.